The minimum atomic E-state index is -0.148. The highest BCUT2D eigenvalue weighted by Crippen LogP contribution is 2.22. The first-order valence-electron chi connectivity index (χ1n) is 6.46. The summed E-state index contributed by atoms with van der Waals surface area (Å²) in [6.45, 7) is 0.556. The van der Waals surface area contributed by atoms with Crippen molar-refractivity contribution in [3.8, 4) is 0 Å². The van der Waals surface area contributed by atoms with Crippen LogP contribution in [0.15, 0.2) is 47.4 Å². The van der Waals surface area contributed by atoms with Gasteiger partial charge in [-0.25, -0.2) is 0 Å². The zero-order chi connectivity index (χ0) is 15.2. The third-order valence-electron chi connectivity index (χ3n) is 3.03. The molecule has 1 amide bonds. The van der Waals surface area contributed by atoms with Gasteiger partial charge in [-0.05, 0) is 48.6 Å². The Balaban J connectivity index is 1.94. The van der Waals surface area contributed by atoms with Crippen LogP contribution in [0.3, 0.4) is 0 Å². The number of halogens is 2. The zero-order valence-corrected chi connectivity index (χ0v) is 13.9. The molecule has 0 radical (unpaired) electrons. The number of hydrogen-bond acceptors (Lipinski definition) is 2. The van der Waals surface area contributed by atoms with Crippen LogP contribution in [0.25, 0.3) is 0 Å². The summed E-state index contributed by atoms with van der Waals surface area (Å²) in [4.78, 5) is 13.2. The van der Waals surface area contributed by atoms with Crippen LogP contribution in [-0.2, 0) is 6.42 Å². The highest BCUT2D eigenvalue weighted by atomic mass is 35.5. The minimum absolute atomic E-state index is 0.148. The molecule has 2 aromatic carbocycles. The first-order valence-corrected chi connectivity index (χ1v) is 8.44. The van der Waals surface area contributed by atoms with Crippen LogP contribution in [0.1, 0.15) is 15.9 Å². The van der Waals surface area contributed by atoms with Crippen LogP contribution in [0.5, 0.6) is 0 Å². The van der Waals surface area contributed by atoms with Gasteiger partial charge in [0.25, 0.3) is 5.91 Å². The minimum Gasteiger partial charge on any atom is -0.352 e. The smallest absolute Gasteiger partial charge is 0.252 e. The van der Waals surface area contributed by atoms with E-state index in [-0.39, 0.29) is 5.91 Å². The summed E-state index contributed by atoms with van der Waals surface area (Å²) in [5.74, 6) is -0.148. The predicted octanol–water partition coefficient (Wildman–Crippen LogP) is 4.69. The highest BCUT2D eigenvalue weighted by Gasteiger charge is 2.10. The van der Waals surface area contributed by atoms with Crippen molar-refractivity contribution in [3.63, 3.8) is 0 Å². The molecule has 2 nitrogen and oxygen atoms in total. The van der Waals surface area contributed by atoms with Gasteiger partial charge in [0.15, 0.2) is 0 Å². The lowest BCUT2D eigenvalue weighted by Gasteiger charge is -2.08. The Labute approximate surface area is 138 Å². The summed E-state index contributed by atoms with van der Waals surface area (Å²) in [7, 11) is 0. The van der Waals surface area contributed by atoms with Gasteiger partial charge < -0.3 is 5.32 Å². The molecule has 0 saturated carbocycles. The summed E-state index contributed by atoms with van der Waals surface area (Å²) in [5, 5.41) is 4.07. The van der Waals surface area contributed by atoms with Crippen molar-refractivity contribution in [2.75, 3.05) is 12.8 Å². The predicted molar refractivity (Wildman–Crippen MR) is 90.7 cm³/mol. The average molecular weight is 340 g/mol. The number of hydrogen-bond donors (Lipinski definition) is 1. The molecular formula is C16H15Cl2NOS. The summed E-state index contributed by atoms with van der Waals surface area (Å²) in [6, 6.07) is 13.1. The van der Waals surface area contributed by atoms with Crippen molar-refractivity contribution in [2.45, 2.75) is 11.3 Å². The monoisotopic (exact) mass is 339 g/mol. The van der Waals surface area contributed by atoms with E-state index in [4.69, 9.17) is 23.2 Å². The molecule has 2 rings (SSSR count). The number of rotatable bonds is 5. The van der Waals surface area contributed by atoms with E-state index in [1.807, 2.05) is 42.7 Å². The Kier molecular flexibility index (Phi) is 5.97. The van der Waals surface area contributed by atoms with Crippen LogP contribution in [0, 0.1) is 0 Å². The fourth-order valence-electron chi connectivity index (χ4n) is 1.87. The lowest BCUT2D eigenvalue weighted by Crippen LogP contribution is -2.26. The number of amides is 1. The third kappa shape index (κ3) is 4.67. The number of thioether (sulfide) groups is 1. The zero-order valence-electron chi connectivity index (χ0n) is 11.5. The molecule has 0 bridgehead atoms. The van der Waals surface area contributed by atoms with Gasteiger partial charge in [0.05, 0.1) is 10.6 Å². The SMILES string of the molecule is CSc1ccc(Cl)c(C(=O)NCCc2ccc(Cl)cc2)c1. The van der Waals surface area contributed by atoms with Crippen LogP contribution in [0.4, 0.5) is 0 Å². The Morgan fingerprint density at radius 3 is 2.52 bits per heavy atom. The molecule has 0 aliphatic rings. The molecule has 110 valence electrons. The molecule has 0 atom stereocenters. The number of benzene rings is 2. The average Bonchev–Trinajstić information content (AvgIpc) is 2.49. The topological polar surface area (TPSA) is 29.1 Å². The first-order chi connectivity index (χ1) is 10.1. The number of carbonyl (C=O) groups is 1. The molecular weight excluding hydrogens is 325 g/mol. The molecule has 0 unspecified atom stereocenters. The maximum atomic E-state index is 12.2. The molecule has 0 saturated heterocycles. The molecule has 0 aliphatic heterocycles. The molecule has 21 heavy (non-hydrogen) atoms. The van der Waals surface area contributed by atoms with Crippen molar-refractivity contribution in [2.24, 2.45) is 0 Å². The van der Waals surface area contributed by atoms with Crippen molar-refractivity contribution in [3.05, 3.63) is 63.6 Å². The molecule has 0 fully saturated rings. The van der Waals surface area contributed by atoms with Crippen molar-refractivity contribution >= 4 is 40.9 Å². The van der Waals surface area contributed by atoms with E-state index in [1.165, 1.54) is 0 Å². The molecule has 5 heteroatoms. The number of nitrogens with one attached hydrogen (secondary N) is 1. The van der Waals surface area contributed by atoms with Gasteiger partial charge in [0.1, 0.15) is 0 Å². The van der Waals surface area contributed by atoms with Gasteiger partial charge in [0.2, 0.25) is 0 Å². The second kappa shape index (κ2) is 7.74. The molecule has 0 heterocycles. The Morgan fingerprint density at radius 1 is 1.14 bits per heavy atom. The van der Waals surface area contributed by atoms with Gasteiger partial charge in [-0.1, -0.05) is 35.3 Å². The second-order valence-corrected chi connectivity index (χ2v) is 6.20. The Bertz CT molecular complexity index is 629. The van der Waals surface area contributed by atoms with Gasteiger partial charge >= 0.3 is 0 Å². The van der Waals surface area contributed by atoms with Crippen LogP contribution >= 0.6 is 35.0 Å². The van der Waals surface area contributed by atoms with Crippen molar-refractivity contribution < 1.29 is 4.79 Å². The van der Waals surface area contributed by atoms with E-state index < -0.39 is 0 Å². The summed E-state index contributed by atoms with van der Waals surface area (Å²) in [6.07, 6.45) is 2.72. The normalized spacial score (nSPS) is 10.4. The van der Waals surface area contributed by atoms with Gasteiger partial charge in [-0.15, -0.1) is 11.8 Å². The van der Waals surface area contributed by atoms with Gasteiger partial charge in [-0.2, -0.15) is 0 Å². The van der Waals surface area contributed by atoms with Crippen LogP contribution < -0.4 is 5.32 Å². The molecule has 0 spiro atoms. The summed E-state index contributed by atoms with van der Waals surface area (Å²) >= 11 is 13.5. The van der Waals surface area contributed by atoms with Crippen molar-refractivity contribution in [1.82, 2.24) is 5.32 Å². The summed E-state index contributed by atoms with van der Waals surface area (Å²) in [5.41, 5.74) is 1.64. The van der Waals surface area contributed by atoms with Crippen LogP contribution in [-0.4, -0.2) is 18.7 Å². The van der Waals surface area contributed by atoms with E-state index in [2.05, 4.69) is 5.32 Å². The third-order valence-corrected chi connectivity index (χ3v) is 4.34. The fourth-order valence-corrected chi connectivity index (χ4v) is 2.64. The van der Waals surface area contributed by atoms with Gasteiger partial charge in [0, 0.05) is 16.5 Å². The largest absolute Gasteiger partial charge is 0.352 e. The first kappa shape index (κ1) is 16.2. The molecule has 0 aliphatic carbocycles. The maximum absolute atomic E-state index is 12.2. The molecule has 1 N–H and O–H groups in total. The van der Waals surface area contributed by atoms with E-state index in [1.54, 1.807) is 17.8 Å². The Morgan fingerprint density at radius 2 is 1.86 bits per heavy atom. The van der Waals surface area contributed by atoms with E-state index in [0.29, 0.717) is 22.2 Å². The standard InChI is InChI=1S/C16H15Cl2NOS/c1-21-13-6-7-15(18)14(10-13)16(20)19-9-8-11-2-4-12(17)5-3-11/h2-7,10H,8-9H2,1H3,(H,19,20). The summed E-state index contributed by atoms with van der Waals surface area (Å²) < 4.78 is 0. The maximum Gasteiger partial charge on any atom is 0.252 e. The van der Waals surface area contributed by atoms with Crippen LogP contribution in [0.2, 0.25) is 10.0 Å². The number of carbonyl (C=O) groups excluding carboxylic acids is 1. The second-order valence-electron chi connectivity index (χ2n) is 4.48. The van der Waals surface area contributed by atoms with Gasteiger partial charge in [-0.3, -0.25) is 4.79 Å². The lowest BCUT2D eigenvalue weighted by atomic mass is 10.1. The fraction of sp³-hybridized carbons (Fsp3) is 0.188. The van der Waals surface area contributed by atoms with Crippen molar-refractivity contribution in [1.29, 1.82) is 0 Å². The van der Waals surface area contributed by atoms with E-state index >= 15 is 0 Å². The molecule has 2 aromatic rings. The van der Waals surface area contributed by atoms with E-state index in [0.717, 1.165) is 16.9 Å². The Hall–Kier alpha value is -1.16. The molecule has 0 aromatic heterocycles. The highest BCUT2D eigenvalue weighted by molar-refractivity contribution is 7.98. The lowest BCUT2D eigenvalue weighted by molar-refractivity contribution is 0.0954. The van der Waals surface area contributed by atoms with E-state index in [9.17, 15) is 4.79 Å². The quantitative estimate of drug-likeness (QED) is 0.800.